The summed E-state index contributed by atoms with van der Waals surface area (Å²) in [5.74, 6) is 0.501. The minimum atomic E-state index is -2.03. The third-order valence-electron chi connectivity index (χ3n) is 2.60. The molecule has 0 saturated heterocycles. The van der Waals surface area contributed by atoms with Crippen molar-refractivity contribution in [3.63, 3.8) is 0 Å². The summed E-state index contributed by atoms with van der Waals surface area (Å²) in [7, 11) is -2.03. The zero-order valence-electron chi connectivity index (χ0n) is 7.42. The molecule has 2 nitrogen and oxygen atoms in total. The topological polar surface area (TPSA) is 43.1 Å². The lowest BCUT2D eigenvalue weighted by Gasteiger charge is -2.22. The van der Waals surface area contributed by atoms with Crippen molar-refractivity contribution >= 4 is 7.14 Å². The van der Waals surface area contributed by atoms with E-state index in [0.717, 1.165) is 0 Å². The van der Waals surface area contributed by atoms with Crippen LogP contribution in [0.2, 0.25) is 0 Å². The van der Waals surface area contributed by atoms with E-state index in [9.17, 15) is 4.57 Å². The van der Waals surface area contributed by atoms with Gasteiger partial charge in [-0.25, -0.2) is 0 Å². The molecular formula is C8H18NOP. The first-order valence-electron chi connectivity index (χ1n) is 4.32. The first-order chi connectivity index (χ1) is 5.02. The van der Waals surface area contributed by atoms with E-state index in [0.29, 0.717) is 5.92 Å². The smallest absolute Gasteiger partial charge is 0.0979 e. The van der Waals surface area contributed by atoms with E-state index in [4.69, 9.17) is 5.73 Å². The molecule has 2 N–H and O–H groups in total. The van der Waals surface area contributed by atoms with Crippen LogP contribution in [0, 0.1) is 5.92 Å². The van der Waals surface area contributed by atoms with E-state index in [1.165, 1.54) is 25.7 Å². The lowest BCUT2D eigenvalue weighted by atomic mass is 10.1. The first kappa shape index (κ1) is 9.28. The third-order valence-corrected chi connectivity index (χ3v) is 4.46. The maximum atomic E-state index is 11.6. The van der Waals surface area contributed by atoms with Crippen LogP contribution < -0.4 is 5.73 Å². The Kier molecular flexibility index (Phi) is 2.77. The average molecular weight is 175 g/mol. The molecule has 11 heavy (non-hydrogen) atoms. The lowest BCUT2D eigenvalue weighted by Crippen LogP contribution is -2.27. The van der Waals surface area contributed by atoms with Crippen molar-refractivity contribution in [2.45, 2.75) is 31.5 Å². The van der Waals surface area contributed by atoms with Gasteiger partial charge in [-0.15, -0.1) is 0 Å². The molecular weight excluding hydrogens is 157 g/mol. The van der Waals surface area contributed by atoms with Gasteiger partial charge in [0.2, 0.25) is 0 Å². The molecule has 0 aromatic heterocycles. The molecule has 1 rings (SSSR count). The monoisotopic (exact) mass is 175 g/mol. The van der Waals surface area contributed by atoms with E-state index in [1.807, 2.05) is 0 Å². The molecule has 0 heterocycles. The minimum absolute atomic E-state index is 0.0370. The first-order valence-corrected chi connectivity index (χ1v) is 6.99. The molecule has 0 aliphatic heterocycles. The second kappa shape index (κ2) is 3.28. The summed E-state index contributed by atoms with van der Waals surface area (Å²) in [5.41, 5.74) is 5.89. The molecule has 0 amide bonds. The van der Waals surface area contributed by atoms with E-state index < -0.39 is 7.14 Å². The van der Waals surface area contributed by atoms with Crippen molar-refractivity contribution in [2.75, 3.05) is 13.3 Å². The summed E-state index contributed by atoms with van der Waals surface area (Å²) in [6, 6.07) is 0. The fourth-order valence-electron chi connectivity index (χ4n) is 1.81. The summed E-state index contributed by atoms with van der Waals surface area (Å²) in [6.07, 6.45) is 4.93. The zero-order valence-corrected chi connectivity index (χ0v) is 8.31. The molecule has 1 saturated carbocycles. The fourth-order valence-corrected chi connectivity index (χ4v) is 3.12. The van der Waals surface area contributed by atoms with Crippen molar-refractivity contribution in [2.24, 2.45) is 11.7 Å². The SMILES string of the molecule is CP(C)(=O)[C@H](N)C1CCCC1. The Hall–Kier alpha value is 0.190. The van der Waals surface area contributed by atoms with Gasteiger partial charge < -0.3 is 10.3 Å². The second-order valence-electron chi connectivity index (χ2n) is 3.97. The number of hydrogen-bond donors (Lipinski definition) is 1. The summed E-state index contributed by atoms with van der Waals surface area (Å²) in [5, 5.41) is 0. The van der Waals surface area contributed by atoms with Crippen LogP contribution in [0.15, 0.2) is 0 Å². The normalized spacial score (nSPS) is 23.9. The molecule has 0 aromatic rings. The Labute approximate surface area is 68.9 Å². The van der Waals surface area contributed by atoms with Gasteiger partial charge in [-0.3, -0.25) is 0 Å². The summed E-state index contributed by atoms with van der Waals surface area (Å²) in [4.78, 5) is 0. The molecule has 1 aliphatic carbocycles. The standard InChI is InChI=1S/C8H18NOP/c1-11(2,10)8(9)7-5-3-4-6-7/h7-8H,3-6,9H2,1-2H3/t8-/m0/s1. The molecule has 0 bridgehead atoms. The maximum Gasteiger partial charge on any atom is 0.0979 e. The molecule has 66 valence electrons. The van der Waals surface area contributed by atoms with E-state index in [1.54, 1.807) is 13.3 Å². The highest BCUT2D eigenvalue weighted by Gasteiger charge is 2.29. The lowest BCUT2D eigenvalue weighted by molar-refractivity contribution is 0.494. The highest BCUT2D eigenvalue weighted by atomic mass is 31.2. The van der Waals surface area contributed by atoms with Gasteiger partial charge >= 0.3 is 0 Å². The predicted octanol–water partition coefficient (Wildman–Crippen LogP) is 2.08. The van der Waals surface area contributed by atoms with Crippen LogP contribution in [-0.4, -0.2) is 19.1 Å². The van der Waals surface area contributed by atoms with Crippen molar-refractivity contribution in [1.29, 1.82) is 0 Å². The number of nitrogens with two attached hydrogens (primary N) is 1. The second-order valence-corrected chi connectivity index (χ2v) is 7.43. The van der Waals surface area contributed by atoms with E-state index in [2.05, 4.69) is 0 Å². The molecule has 0 unspecified atom stereocenters. The van der Waals surface area contributed by atoms with Crippen LogP contribution in [0.4, 0.5) is 0 Å². The van der Waals surface area contributed by atoms with Gasteiger partial charge in [-0.1, -0.05) is 12.8 Å². The third kappa shape index (κ3) is 2.31. The van der Waals surface area contributed by atoms with Crippen LogP contribution in [0.1, 0.15) is 25.7 Å². The van der Waals surface area contributed by atoms with E-state index >= 15 is 0 Å². The zero-order chi connectivity index (χ0) is 8.48. The fraction of sp³-hybridized carbons (Fsp3) is 1.00. The predicted molar refractivity (Wildman–Crippen MR) is 49.4 cm³/mol. The molecule has 3 heteroatoms. The molecule has 0 aromatic carbocycles. The Bertz CT molecular complexity index is 169. The molecule has 0 spiro atoms. The number of hydrogen-bond acceptors (Lipinski definition) is 2. The summed E-state index contributed by atoms with van der Waals surface area (Å²) < 4.78 is 11.6. The summed E-state index contributed by atoms with van der Waals surface area (Å²) >= 11 is 0. The van der Waals surface area contributed by atoms with E-state index in [-0.39, 0.29) is 5.78 Å². The van der Waals surface area contributed by atoms with Crippen molar-refractivity contribution < 1.29 is 4.57 Å². The number of rotatable bonds is 2. The van der Waals surface area contributed by atoms with Gasteiger partial charge in [-0.2, -0.15) is 0 Å². The van der Waals surface area contributed by atoms with Gasteiger partial charge in [0.15, 0.2) is 0 Å². The van der Waals surface area contributed by atoms with Crippen molar-refractivity contribution in [3.05, 3.63) is 0 Å². The Morgan fingerprint density at radius 1 is 1.36 bits per heavy atom. The maximum absolute atomic E-state index is 11.6. The van der Waals surface area contributed by atoms with Crippen LogP contribution in [0.5, 0.6) is 0 Å². The van der Waals surface area contributed by atoms with Gasteiger partial charge in [0, 0.05) is 0 Å². The Balaban J connectivity index is 2.53. The van der Waals surface area contributed by atoms with Crippen LogP contribution in [0.3, 0.4) is 0 Å². The quantitative estimate of drug-likeness (QED) is 0.653. The Morgan fingerprint density at radius 2 is 1.82 bits per heavy atom. The van der Waals surface area contributed by atoms with Gasteiger partial charge in [-0.05, 0) is 32.1 Å². The average Bonchev–Trinajstić information content (AvgIpc) is 2.34. The highest BCUT2D eigenvalue weighted by molar-refractivity contribution is 7.63. The summed E-state index contributed by atoms with van der Waals surface area (Å²) in [6.45, 7) is 3.60. The van der Waals surface area contributed by atoms with Crippen LogP contribution >= 0.6 is 7.14 Å². The molecule has 1 fully saturated rings. The van der Waals surface area contributed by atoms with Crippen LogP contribution in [0.25, 0.3) is 0 Å². The van der Waals surface area contributed by atoms with Gasteiger partial charge in [0.25, 0.3) is 0 Å². The largest absolute Gasteiger partial charge is 0.323 e. The Morgan fingerprint density at radius 3 is 2.18 bits per heavy atom. The van der Waals surface area contributed by atoms with Gasteiger partial charge in [0.05, 0.1) is 12.9 Å². The van der Waals surface area contributed by atoms with Gasteiger partial charge in [0.1, 0.15) is 0 Å². The highest BCUT2D eigenvalue weighted by Crippen LogP contribution is 2.47. The van der Waals surface area contributed by atoms with Crippen molar-refractivity contribution in [3.8, 4) is 0 Å². The van der Waals surface area contributed by atoms with Crippen molar-refractivity contribution in [1.82, 2.24) is 0 Å². The molecule has 1 atom stereocenters. The molecule has 0 radical (unpaired) electrons. The minimum Gasteiger partial charge on any atom is -0.323 e. The molecule has 1 aliphatic rings. The van der Waals surface area contributed by atoms with Crippen LogP contribution in [-0.2, 0) is 4.57 Å².